The molecule has 1 aromatic heterocycles. The van der Waals surface area contributed by atoms with E-state index in [1.807, 2.05) is 6.07 Å². The predicted molar refractivity (Wildman–Crippen MR) is 47.1 cm³/mol. The molecule has 11 heavy (non-hydrogen) atoms. The highest BCUT2D eigenvalue weighted by molar-refractivity contribution is 7.17. The van der Waals surface area contributed by atoms with Gasteiger partial charge in [-0.05, 0) is 12.1 Å². The maximum Gasteiger partial charge on any atom is 0.0935 e. The van der Waals surface area contributed by atoms with E-state index in [0.717, 1.165) is 4.88 Å². The molecule has 1 heterocycles. The van der Waals surface area contributed by atoms with Gasteiger partial charge in [0.05, 0.1) is 21.0 Å². The van der Waals surface area contributed by atoms with Crippen molar-refractivity contribution in [3.05, 3.63) is 27.4 Å². The summed E-state index contributed by atoms with van der Waals surface area (Å²) in [4.78, 5) is 0.830. The monoisotopic (exact) mass is 184 g/mol. The van der Waals surface area contributed by atoms with Gasteiger partial charge in [0.15, 0.2) is 0 Å². The maximum absolute atomic E-state index is 8.27. The van der Waals surface area contributed by atoms with Crippen molar-refractivity contribution in [2.75, 3.05) is 0 Å². The molecule has 1 rings (SSSR count). The molecule has 2 N–H and O–H groups in total. The van der Waals surface area contributed by atoms with Gasteiger partial charge in [-0.2, -0.15) is 5.26 Å². The van der Waals surface area contributed by atoms with Gasteiger partial charge in [-0.25, -0.2) is 0 Å². The molecule has 0 bridgehead atoms. The largest absolute Gasteiger partial charge is 0.397 e. The van der Waals surface area contributed by atoms with Gasteiger partial charge >= 0.3 is 0 Å². The number of hydrogen-bond acceptors (Lipinski definition) is 3. The highest BCUT2D eigenvalue weighted by atomic mass is 35.5. The summed E-state index contributed by atoms with van der Waals surface area (Å²) in [5, 5.41) is 8.27. The minimum Gasteiger partial charge on any atom is -0.397 e. The number of allylic oxidation sites excluding steroid dienone is 1. The average molecular weight is 185 g/mol. The fourth-order valence-corrected chi connectivity index (χ4v) is 1.58. The van der Waals surface area contributed by atoms with Crippen LogP contribution in [-0.4, -0.2) is 0 Å². The minimum atomic E-state index is 0.462. The fraction of sp³-hybridized carbons (Fsp3) is 0. The van der Waals surface area contributed by atoms with E-state index in [0.29, 0.717) is 10.0 Å². The van der Waals surface area contributed by atoms with Crippen molar-refractivity contribution in [1.29, 1.82) is 5.26 Å². The van der Waals surface area contributed by atoms with Gasteiger partial charge in [0.25, 0.3) is 0 Å². The first-order valence-corrected chi connectivity index (χ1v) is 4.04. The summed E-state index contributed by atoms with van der Waals surface area (Å²) in [5.41, 5.74) is 5.97. The summed E-state index contributed by atoms with van der Waals surface area (Å²) >= 11 is 7.01. The third-order valence-electron chi connectivity index (χ3n) is 1.08. The Morgan fingerprint density at radius 1 is 1.73 bits per heavy atom. The van der Waals surface area contributed by atoms with Crippen LogP contribution in [0.5, 0.6) is 0 Å². The molecule has 0 aromatic carbocycles. The van der Waals surface area contributed by atoms with E-state index < -0.39 is 0 Å². The van der Waals surface area contributed by atoms with Crippen LogP contribution in [0, 0.1) is 11.3 Å². The summed E-state index contributed by atoms with van der Waals surface area (Å²) in [6.07, 6.45) is 1.29. The number of thiophene rings is 1. The molecule has 0 aliphatic carbocycles. The van der Waals surface area contributed by atoms with Crippen molar-refractivity contribution in [3.63, 3.8) is 0 Å². The number of nitrogens with zero attached hydrogens (tertiary/aromatic N) is 1. The average Bonchev–Trinajstić information content (AvgIpc) is 2.36. The molecule has 56 valence electrons. The summed E-state index contributed by atoms with van der Waals surface area (Å²) in [5.74, 6) is 0. The van der Waals surface area contributed by atoms with E-state index in [1.54, 1.807) is 12.1 Å². The molecular formula is C7H5ClN2S. The Morgan fingerprint density at radius 3 is 2.91 bits per heavy atom. The Morgan fingerprint density at radius 2 is 2.45 bits per heavy atom. The van der Waals surface area contributed by atoms with Crippen molar-refractivity contribution in [2.24, 2.45) is 5.73 Å². The molecule has 0 atom stereocenters. The Balaban J connectivity index is 2.95. The lowest BCUT2D eigenvalue weighted by molar-refractivity contribution is 1.52. The molecule has 0 spiro atoms. The standard InChI is InChI=1S/C7H5ClN2S/c8-7-2-1-6(11-7)5(10)3-4-9/h1-3H,10H2. The highest BCUT2D eigenvalue weighted by Crippen LogP contribution is 2.24. The number of nitrogens with two attached hydrogens (primary N) is 1. The molecule has 0 aliphatic rings. The molecule has 0 amide bonds. The number of hydrogen-bond donors (Lipinski definition) is 1. The summed E-state index contributed by atoms with van der Waals surface area (Å²) in [7, 11) is 0. The molecule has 1 aromatic rings. The predicted octanol–water partition coefficient (Wildman–Crippen LogP) is 2.22. The van der Waals surface area contributed by atoms with Crippen molar-refractivity contribution in [3.8, 4) is 6.07 Å². The molecule has 2 nitrogen and oxygen atoms in total. The quantitative estimate of drug-likeness (QED) is 0.681. The van der Waals surface area contributed by atoms with Crippen LogP contribution in [0.15, 0.2) is 18.2 Å². The van der Waals surface area contributed by atoms with E-state index in [4.69, 9.17) is 22.6 Å². The van der Waals surface area contributed by atoms with Gasteiger partial charge < -0.3 is 5.73 Å². The van der Waals surface area contributed by atoms with Gasteiger partial charge in [-0.15, -0.1) is 11.3 Å². The van der Waals surface area contributed by atoms with E-state index in [9.17, 15) is 0 Å². The van der Waals surface area contributed by atoms with Crippen LogP contribution < -0.4 is 5.73 Å². The number of rotatable bonds is 1. The number of nitriles is 1. The Hall–Kier alpha value is -0.980. The second-order valence-corrected chi connectivity index (χ2v) is 3.55. The van der Waals surface area contributed by atoms with Crippen LogP contribution in [0.4, 0.5) is 0 Å². The maximum atomic E-state index is 8.27. The van der Waals surface area contributed by atoms with Crippen molar-refractivity contribution in [1.82, 2.24) is 0 Å². The van der Waals surface area contributed by atoms with Crippen molar-refractivity contribution >= 4 is 28.6 Å². The zero-order valence-corrected chi connectivity index (χ0v) is 7.12. The molecule has 0 aliphatic heterocycles. The molecule has 0 unspecified atom stereocenters. The third kappa shape index (κ3) is 1.97. The smallest absolute Gasteiger partial charge is 0.0935 e. The second-order valence-electron chi connectivity index (χ2n) is 1.83. The van der Waals surface area contributed by atoms with Gasteiger partial charge in [0.2, 0.25) is 0 Å². The summed E-state index contributed by atoms with van der Waals surface area (Å²) in [6.45, 7) is 0. The lowest BCUT2D eigenvalue weighted by atomic mass is 10.3. The Bertz CT molecular complexity index is 321. The van der Waals surface area contributed by atoms with Gasteiger partial charge in [0, 0.05) is 6.08 Å². The Labute approximate surface area is 73.5 Å². The van der Waals surface area contributed by atoms with E-state index >= 15 is 0 Å². The van der Waals surface area contributed by atoms with Crippen LogP contribution in [0.1, 0.15) is 4.88 Å². The summed E-state index contributed by atoms with van der Waals surface area (Å²) in [6, 6.07) is 5.39. The van der Waals surface area contributed by atoms with Gasteiger partial charge in [0.1, 0.15) is 0 Å². The molecule has 0 saturated heterocycles. The Kier molecular flexibility index (Phi) is 2.53. The zero-order valence-electron chi connectivity index (χ0n) is 5.54. The fourth-order valence-electron chi connectivity index (χ4n) is 0.610. The zero-order chi connectivity index (χ0) is 8.27. The summed E-state index contributed by atoms with van der Waals surface area (Å²) < 4.78 is 0.675. The molecular weight excluding hydrogens is 180 g/mol. The first-order valence-electron chi connectivity index (χ1n) is 2.85. The van der Waals surface area contributed by atoms with Gasteiger partial charge in [-0.1, -0.05) is 11.6 Å². The van der Waals surface area contributed by atoms with E-state index in [-0.39, 0.29) is 0 Å². The highest BCUT2D eigenvalue weighted by Gasteiger charge is 1.99. The number of halogens is 1. The van der Waals surface area contributed by atoms with Crippen LogP contribution in [0.2, 0.25) is 4.34 Å². The lowest BCUT2D eigenvalue weighted by Crippen LogP contribution is -1.91. The molecule has 0 saturated carbocycles. The van der Waals surface area contributed by atoms with Crippen LogP contribution >= 0.6 is 22.9 Å². The second kappa shape index (κ2) is 3.42. The molecule has 0 radical (unpaired) electrons. The lowest BCUT2D eigenvalue weighted by Gasteiger charge is -1.90. The van der Waals surface area contributed by atoms with E-state index in [1.165, 1.54) is 17.4 Å². The van der Waals surface area contributed by atoms with Gasteiger partial charge in [-0.3, -0.25) is 0 Å². The first-order chi connectivity index (χ1) is 5.24. The van der Waals surface area contributed by atoms with Crippen LogP contribution in [0.25, 0.3) is 5.70 Å². The molecule has 0 fully saturated rings. The third-order valence-corrected chi connectivity index (χ3v) is 2.36. The van der Waals surface area contributed by atoms with Crippen LogP contribution in [-0.2, 0) is 0 Å². The topological polar surface area (TPSA) is 49.8 Å². The first kappa shape index (κ1) is 8.12. The van der Waals surface area contributed by atoms with Crippen molar-refractivity contribution in [2.45, 2.75) is 0 Å². The van der Waals surface area contributed by atoms with Crippen molar-refractivity contribution < 1.29 is 0 Å². The van der Waals surface area contributed by atoms with Crippen LogP contribution in [0.3, 0.4) is 0 Å². The SMILES string of the molecule is N#CC=C(N)c1ccc(Cl)s1. The van der Waals surface area contributed by atoms with E-state index in [2.05, 4.69) is 0 Å². The normalized spacial score (nSPS) is 11.1. The molecule has 4 heteroatoms. The minimum absolute atomic E-state index is 0.462.